The second-order valence-electron chi connectivity index (χ2n) is 10.2. The summed E-state index contributed by atoms with van der Waals surface area (Å²) in [6, 6.07) is 10.5. The van der Waals surface area contributed by atoms with E-state index in [-0.39, 0.29) is 94.5 Å². The van der Waals surface area contributed by atoms with Crippen LogP contribution in [0, 0.1) is 0 Å². The van der Waals surface area contributed by atoms with Gasteiger partial charge in [-0.3, -0.25) is 0 Å². The maximum absolute atomic E-state index is 12.5. The highest BCUT2D eigenvalue weighted by molar-refractivity contribution is 5.98. The number of ether oxygens (including phenoxy) is 4. The molecule has 0 radical (unpaired) electrons. The van der Waals surface area contributed by atoms with Gasteiger partial charge in [0.1, 0.15) is 11.5 Å². The van der Waals surface area contributed by atoms with Crippen molar-refractivity contribution in [2.45, 2.75) is 27.7 Å². The van der Waals surface area contributed by atoms with Gasteiger partial charge >= 0.3 is 23.9 Å². The van der Waals surface area contributed by atoms with E-state index in [4.69, 9.17) is 27.8 Å². The Labute approximate surface area is 283 Å². The molecule has 0 bridgehead atoms. The van der Waals surface area contributed by atoms with Gasteiger partial charge < -0.3 is 38.0 Å². The van der Waals surface area contributed by atoms with Crippen LogP contribution in [0.4, 0.5) is 0 Å². The van der Waals surface area contributed by atoms with E-state index >= 15 is 0 Å². The molecule has 0 amide bonds. The number of carbonyl (C=O) groups excluding carboxylic acids is 4. The Morgan fingerprint density at radius 2 is 0.760 bits per heavy atom. The monoisotopic (exact) mass is 686 g/mol. The van der Waals surface area contributed by atoms with E-state index in [2.05, 4.69) is 20.4 Å². The lowest BCUT2D eigenvalue weighted by molar-refractivity contribution is 0.0506. The standard InChI is InChI=1S/C34H30N4O12/c1-5-45-31(41)19-9-17(10-20(13-19)32(42)46-6-2)27-35-37-29(49-27)23-15-26(40)24(16-25(23)39)30-38-36-28(50-30)18-11-21(33(43)47-7-3)14-22(12-18)34(44)48-8-4/h9-16,39-40H,5-8H2,1-4H3. The van der Waals surface area contributed by atoms with Crippen LogP contribution in [0.2, 0.25) is 0 Å². The Balaban J connectivity index is 1.47. The SMILES string of the molecule is CCOC(=O)c1cc(C(=O)OCC)cc(-c2nnc(-c3cc(O)c(-c4nnc(-c5cc(C(=O)OCC)cc(C(=O)OCC)c5)o4)cc3O)o2)c1. The molecule has 0 spiro atoms. The van der Waals surface area contributed by atoms with E-state index in [1.54, 1.807) is 27.7 Å². The summed E-state index contributed by atoms with van der Waals surface area (Å²) in [6.45, 7) is 6.96. The maximum Gasteiger partial charge on any atom is 0.338 e. The fourth-order valence-electron chi connectivity index (χ4n) is 4.65. The first kappa shape index (κ1) is 34.7. The Kier molecular flexibility index (Phi) is 10.5. The van der Waals surface area contributed by atoms with Gasteiger partial charge in [0.05, 0.1) is 59.8 Å². The molecule has 2 aromatic heterocycles. The highest BCUT2D eigenvalue weighted by Crippen LogP contribution is 2.40. The quantitative estimate of drug-likeness (QED) is 0.0972. The number of aromatic hydroxyl groups is 2. The van der Waals surface area contributed by atoms with Crippen molar-refractivity contribution in [2.75, 3.05) is 26.4 Å². The van der Waals surface area contributed by atoms with Crippen molar-refractivity contribution < 1.29 is 57.2 Å². The topological polar surface area (TPSA) is 224 Å². The average Bonchev–Trinajstić information content (AvgIpc) is 3.80. The molecule has 0 aliphatic carbocycles. The van der Waals surface area contributed by atoms with Crippen molar-refractivity contribution in [3.63, 3.8) is 0 Å². The van der Waals surface area contributed by atoms with E-state index < -0.39 is 35.4 Å². The summed E-state index contributed by atoms with van der Waals surface area (Å²) in [5.41, 5.74) is 0.405. The van der Waals surface area contributed by atoms with Crippen LogP contribution in [0.5, 0.6) is 11.5 Å². The normalized spacial score (nSPS) is 10.8. The molecule has 16 heteroatoms. The van der Waals surface area contributed by atoms with Crippen LogP contribution >= 0.6 is 0 Å². The summed E-state index contributed by atoms with van der Waals surface area (Å²) < 4.78 is 31.8. The Hall–Kier alpha value is -6.58. The predicted molar refractivity (Wildman–Crippen MR) is 171 cm³/mol. The Bertz CT molecular complexity index is 1860. The van der Waals surface area contributed by atoms with E-state index in [1.807, 2.05) is 0 Å². The highest BCUT2D eigenvalue weighted by Gasteiger charge is 2.24. The average molecular weight is 687 g/mol. The zero-order chi connectivity index (χ0) is 35.9. The van der Waals surface area contributed by atoms with Gasteiger partial charge in [0.25, 0.3) is 11.8 Å². The molecule has 258 valence electrons. The van der Waals surface area contributed by atoms with E-state index in [0.717, 1.165) is 12.1 Å². The molecule has 0 saturated heterocycles. The second kappa shape index (κ2) is 15.1. The number of benzene rings is 3. The number of carbonyl (C=O) groups is 4. The van der Waals surface area contributed by atoms with E-state index in [9.17, 15) is 29.4 Å². The molecule has 0 unspecified atom stereocenters. The third kappa shape index (κ3) is 7.43. The first-order valence-electron chi connectivity index (χ1n) is 15.3. The number of aromatic nitrogens is 4. The molecule has 50 heavy (non-hydrogen) atoms. The number of hydrogen-bond acceptors (Lipinski definition) is 16. The molecule has 5 rings (SSSR count). The Morgan fingerprint density at radius 1 is 0.480 bits per heavy atom. The van der Waals surface area contributed by atoms with Gasteiger partial charge in [-0.2, -0.15) is 0 Å². The van der Waals surface area contributed by atoms with Crippen LogP contribution in [-0.2, 0) is 18.9 Å². The molecule has 16 nitrogen and oxygen atoms in total. The van der Waals surface area contributed by atoms with Crippen molar-refractivity contribution in [1.29, 1.82) is 0 Å². The maximum atomic E-state index is 12.5. The van der Waals surface area contributed by atoms with Crippen molar-refractivity contribution >= 4 is 23.9 Å². The van der Waals surface area contributed by atoms with E-state index in [1.165, 1.54) is 36.4 Å². The van der Waals surface area contributed by atoms with Crippen LogP contribution in [0.25, 0.3) is 45.8 Å². The van der Waals surface area contributed by atoms with Crippen LogP contribution in [0.1, 0.15) is 69.1 Å². The number of esters is 4. The zero-order valence-corrected chi connectivity index (χ0v) is 27.2. The largest absolute Gasteiger partial charge is 0.507 e. The molecular formula is C34H30N4O12. The van der Waals surface area contributed by atoms with Crippen LogP contribution < -0.4 is 0 Å². The van der Waals surface area contributed by atoms with Gasteiger partial charge in [-0.15, -0.1) is 20.4 Å². The second-order valence-corrected chi connectivity index (χ2v) is 10.2. The predicted octanol–water partition coefficient (Wildman–Crippen LogP) is 5.24. The molecule has 0 atom stereocenters. The summed E-state index contributed by atoms with van der Waals surface area (Å²) in [4.78, 5) is 49.9. The molecule has 0 aliphatic rings. The number of rotatable bonds is 12. The van der Waals surface area contributed by atoms with Crippen LogP contribution in [-0.4, -0.2) is 80.9 Å². The first-order chi connectivity index (χ1) is 24.1. The molecule has 0 aliphatic heterocycles. The zero-order valence-electron chi connectivity index (χ0n) is 27.2. The van der Waals surface area contributed by atoms with Gasteiger partial charge in [0.15, 0.2) is 0 Å². The minimum absolute atomic E-state index is 0.0423. The first-order valence-corrected chi connectivity index (χ1v) is 15.3. The van der Waals surface area contributed by atoms with Crippen molar-refractivity contribution in [3.8, 4) is 57.3 Å². The van der Waals surface area contributed by atoms with Gasteiger partial charge in [-0.05, 0) is 76.2 Å². The fraction of sp³-hybridized carbons (Fsp3) is 0.235. The molecule has 2 N–H and O–H groups in total. The van der Waals surface area contributed by atoms with Gasteiger partial charge in [0.2, 0.25) is 11.8 Å². The minimum Gasteiger partial charge on any atom is -0.507 e. The third-order valence-electron chi connectivity index (χ3n) is 6.83. The lowest BCUT2D eigenvalue weighted by Gasteiger charge is -2.08. The number of phenols is 2. The van der Waals surface area contributed by atoms with Gasteiger partial charge in [-0.1, -0.05) is 0 Å². The molecule has 2 heterocycles. The summed E-state index contributed by atoms with van der Waals surface area (Å²) in [5, 5.41) is 37.7. The number of nitrogens with zero attached hydrogens (tertiary/aromatic N) is 4. The van der Waals surface area contributed by atoms with Crippen molar-refractivity contribution in [3.05, 3.63) is 70.8 Å². The van der Waals surface area contributed by atoms with Crippen LogP contribution in [0.3, 0.4) is 0 Å². The molecule has 0 fully saturated rings. The lowest BCUT2D eigenvalue weighted by Crippen LogP contribution is -2.09. The van der Waals surface area contributed by atoms with Crippen molar-refractivity contribution in [1.82, 2.24) is 20.4 Å². The summed E-state index contributed by atoms with van der Waals surface area (Å²) in [7, 11) is 0. The summed E-state index contributed by atoms with van der Waals surface area (Å²) >= 11 is 0. The Morgan fingerprint density at radius 3 is 1.04 bits per heavy atom. The molecular weight excluding hydrogens is 656 g/mol. The molecule has 3 aromatic carbocycles. The summed E-state index contributed by atoms with van der Waals surface area (Å²) in [6.07, 6.45) is 0. The highest BCUT2D eigenvalue weighted by atomic mass is 16.5. The molecule has 5 aromatic rings. The fourth-order valence-corrected chi connectivity index (χ4v) is 4.65. The van der Waals surface area contributed by atoms with Gasteiger partial charge in [0, 0.05) is 11.1 Å². The summed E-state index contributed by atoms with van der Waals surface area (Å²) in [5.74, 6) is -4.26. The van der Waals surface area contributed by atoms with E-state index in [0.29, 0.717) is 0 Å². The number of hydrogen-bond donors (Lipinski definition) is 2. The number of phenolic OH excluding ortho intramolecular Hbond substituents is 2. The van der Waals surface area contributed by atoms with Crippen LogP contribution in [0.15, 0.2) is 57.4 Å². The van der Waals surface area contributed by atoms with Gasteiger partial charge in [-0.25, -0.2) is 19.2 Å². The minimum atomic E-state index is -0.687. The smallest absolute Gasteiger partial charge is 0.338 e. The lowest BCUT2D eigenvalue weighted by atomic mass is 10.1. The molecule has 0 saturated carbocycles. The third-order valence-corrected chi connectivity index (χ3v) is 6.83. The van der Waals surface area contributed by atoms with Crippen molar-refractivity contribution in [2.24, 2.45) is 0 Å².